The summed E-state index contributed by atoms with van der Waals surface area (Å²) >= 11 is 0. The van der Waals surface area contributed by atoms with Crippen LogP contribution >= 0.6 is 0 Å². The van der Waals surface area contributed by atoms with Crippen LogP contribution in [0, 0.1) is 5.92 Å². The van der Waals surface area contributed by atoms with Crippen LogP contribution in [0.15, 0.2) is 52.1 Å². The monoisotopic (exact) mass is 777 g/mol. The molecule has 2 aromatic heterocycles. The van der Waals surface area contributed by atoms with E-state index in [-0.39, 0.29) is 29.9 Å². The number of aromatic amines is 1. The van der Waals surface area contributed by atoms with Crippen molar-refractivity contribution >= 4 is 46.7 Å². The highest BCUT2D eigenvalue weighted by atomic mass is 16.4. The number of carbonyl (C=O) groups excluding carboxylic acids is 2. The summed E-state index contributed by atoms with van der Waals surface area (Å²) < 4.78 is 5.07. The lowest BCUT2D eigenvalue weighted by molar-refractivity contribution is -0.141. The Labute approximate surface area is 315 Å². The van der Waals surface area contributed by atoms with Crippen molar-refractivity contribution in [3.8, 4) is 0 Å². The van der Waals surface area contributed by atoms with Gasteiger partial charge in [0.25, 0.3) is 5.91 Å². The van der Waals surface area contributed by atoms with Gasteiger partial charge in [0.1, 0.15) is 35.3 Å². The van der Waals surface area contributed by atoms with Crippen LogP contribution in [-0.2, 0) is 30.4 Å². The van der Waals surface area contributed by atoms with Gasteiger partial charge in [-0.25, -0.2) is 20.0 Å². The average Bonchev–Trinajstić information content (AvgIpc) is 3.86. The topological polar surface area (TPSA) is 354 Å². The molecule has 1 saturated heterocycles. The summed E-state index contributed by atoms with van der Waals surface area (Å²) in [6, 6.07) is 5.41. The van der Waals surface area contributed by atoms with Gasteiger partial charge in [-0.2, -0.15) is 5.53 Å². The van der Waals surface area contributed by atoms with Crippen molar-refractivity contribution in [2.45, 2.75) is 83.5 Å². The molecule has 21 nitrogen and oxygen atoms in total. The Morgan fingerprint density at radius 1 is 1.00 bits per heavy atom. The Bertz CT molecular complexity index is 1720. The zero-order valence-corrected chi connectivity index (χ0v) is 30.7. The Kier molecular flexibility index (Phi) is 21.8. The van der Waals surface area contributed by atoms with E-state index in [1.807, 2.05) is 0 Å². The molecule has 0 bridgehead atoms. The van der Waals surface area contributed by atoms with Crippen LogP contribution < -0.4 is 44.1 Å². The number of nitrogens with two attached hydrogens (primary N) is 2. The lowest BCUT2D eigenvalue weighted by Crippen LogP contribution is -2.53. The lowest BCUT2D eigenvalue weighted by atomic mass is 10.1. The van der Waals surface area contributed by atoms with Crippen LogP contribution in [0.4, 0.5) is 0 Å². The molecule has 4 atom stereocenters. The van der Waals surface area contributed by atoms with Crippen molar-refractivity contribution < 1.29 is 53.6 Å². The minimum atomic E-state index is -1.07. The lowest BCUT2D eigenvalue weighted by Gasteiger charge is -2.15. The number of amides is 2. The predicted octanol–water partition coefficient (Wildman–Crippen LogP) is -0.467. The van der Waals surface area contributed by atoms with Crippen LogP contribution in [0.2, 0.25) is 0 Å². The van der Waals surface area contributed by atoms with E-state index in [2.05, 4.69) is 37.0 Å². The summed E-state index contributed by atoms with van der Waals surface area (Å²) in [5, 5.41) is 40.2. The van der Waals surface area contributed by atoms with Crippen molar-refractivity contribution in [2.24, 2.45) is 17.4 Å². The molecule has 0 aliphatic carbocycles. The summed E-state index contributed by atoms with van der Waals surface area (Å²) in [6.07, 6.45) is 6.65. The van der Waals surface area contributed by atoms with Crippen LogP contribution in [0.1, 0.15) is 68.9 Å². The molecular weight excluding hydrogens is 726 g/mol. The number of para-hydroxylation sites is 1. The van der Waals surface area contributed by atoms with Crippen molar-refractivity contribution in [2.75, 3.05) is 13.1 Å². The normalized spacial score (nSPS) is 14.7. The Morgan fingerprint density at radius 2 is 1.67 bits per heavy atom. The highest BCUT2D eigenvalue weighted by Gasteiger charge is 2.21. The van der Waals surface area contributed by atoms with E-state index in [0.29, 0.717) is 42.5 Å². The first-order valence-electron chi connectivity index (χ1n) is 17.2. The van der Waals surface area contributed by atoms with Crippen molar-refractivity contribution in [1.29, 1.82) is 0 Å². The molecule has 0 spiro atoms. The van der Waals surface area contributed by atoms with E-state index < -0.39 is 53.5 Å². The molecule has 1 fully saturated rings. The number of fused-ring (bicyclic) bond motifs is 1. The fourth-order valence-corrected chi connectivity index (χ4v) is 4.46. The molecule has 21 heteroatoms. The number of aromatic nitrogens is 2. The standard InChI is InChI=1S/C16H20N4O5.C8H11N3O3.C5H9NO2.C5H11NO2/c17-8-4-3-6-12(15(22)23)18-20-19-14(21)11-9-10-5-1-2-7-13(10)25-16(11)24;1-5(12)11-7(8(13)14)2-6-3-9-4-10-6;7-5(8)4-2-1-3-6-4;1-3(2)4(6)5(7)8/h1-2,5,7,9,12,18,20H,3-4,6,8,17H2,(H,19,21)(H,22,23);3-4,7H,2H2,1H3,(H,9,10)(H,11,12)(H,13,14);4,6H,1-3H2,(H,7,8);3-4H,6H2,1-2H3,(H,7,8)/t12-;7-;2*4-/m0000/s1. The van der Waals surface area contributed by atoms with E-state index in [0.717, 1.165) is 19.4 Å². The van der Waals surface area contributed by atoms with Gasteiger partial charge in [-0.15, -0.1) is 0 Å². The van der Waals surface area contributed by atoms with Crippen molar-refractivity contribution in [3.05, 3.63) is 64.5 Å². The maximum Gasteiger partial charge on any atom is 0.349 e. The predicted molar refractivity (Wildman–Crippen MR) is 197 cm³/mol. The summed E-state index contributed by atoms with van der Waals surface area (Å²) in [6.45, 7) is 6.17. The summed E-state index contributed by atoms with van der Waals surface area (Å²) in [5.41, 5.74) is 17.6. The van der Waals surface area contributed by atoms with E-state index in [4.69, 9.17) is 36.3 Å². The molecule has 14 N–H and O–H groups in total. The summed E-state index contributed by atoms with van der Waals surface area (Å²) in [5.74, 6) is -4.86. The van der Waals surface area contributed by atoms with E-state index in [1.165, 1.54) is 25.5 Å². The van der Waals surface area contributed by atoms with Gasteiger partial charge in [0.05, 0.1) is 6.33 Å². The number of hydrogen-bond acceptors (Lipinski definition) is 14. The molecule has 1 aliphatic rings. The number of H-pyrrole nitrogens is 1. The maximum atomic E-state index is 12.1. The van der Waals surface area contributed by atoms with Crippen molar-refractivity contribution in [3.63, 3.8) is 0 Å². The third-order valence-electron chi connectivity index (χ3n) is 7.57. The maximum absolute atomic E-state index is 12.1. The number of carbonyl (C=O) groups is 6. The SMILES string of the molecule is CC(=O)N[C@@H](Cc1cnc[nH]1)C(=O)O.CC(C)[C@H](N)C(=O)O.NCCCC[C@H](NNNC(=O)c1cc2ccccc2oc1=O)C(=O)O.O=C(O)[C@@H]1CCCN1. The average molecular weight is 778 g/mol. The second-order valence-electron chi connectivity index (χ2n) is 12.4. The number of aliphatic carboxylic acids is 4. The Hall–Kier alpha value is -5.74. The van der Waals surface area contributed by atoms with Gasteiger partial charge in [0.15, 0.2) is 0 Å². The van der Waals surface area contributed by atoms with E-state index in [9.17, 15) is 33.6 Å². The molecule has 4 rings (SSSR count). The zero-order valence-electron chi connectivity index (χ0n) is 30.7. The minimum absolute atomic E-state index is 0.0208. The highest BCUT2D eigenvalue weighted by Crippen LogP contribution is 2.12. The molecule has 3 aromatic rings. The number of carboxylic acids is 4. The molecule has 55 heavy (non-hydrogen) atoms. The molecule has 1 aliphatic heterocycles. The molecule has 0 radical (unpaired) electrons. The first-order valence-corrected chi connectivity index (χ1v) is 17.2. The number of imidazole rings is 1. The van der Waals surface area contributed by atoms with Gasteiger partial charge in [-0.3, -0.25) is 29.4 Å². The second-order valence-corrected chi connectivity index (χ2v) is 12.4. The van der Waals surface area contributed by atoms with Gasteiger partial charge in [-0.05, 0) is 63.2 Å². The molecule has 304 valence electrons. The first kappa shape index (κ1) is 47.3. The number of hydrogen-bond donors (Lipinski definition) is 12. The smallest absolute Gasteiger partial charge is 0.349 e. The quantitative estimate of drug-likeness (QED) is 0.0497. The van der Waals surface area contributed by atoms with Gasteiger partial charge in [0.2, 0.25) is 5.91 Å². The first-order chi connectivity index (χ1) is 26.0. The molecule has 0 unspecified atom stereocenters. The minimum Gasteiger partial charge on any atom is -0.480 e. The fourth-order valence-electron chi connectivity index (χ4n) is 4.46. The third-order valence-corrected chi connectivity index (χ3v) is 7.57. The Morgan fingerprint density at radius 3 is 2.15 bits per heavy atom. The number of benzene rings is 1. The van der Waals surface area contributed by atoms with Crippen LogP contribution in [0.25, 0.3) is 11.0 Å². The molecule has 1 aromatic carbocycles. The zero-order chi connectivity index (χ0) is 41.5. The van der Waals surface area contributed by atoms with Crippen molar-refractivity contribution in [1.82, 2.24) is 37.0 Å². The summed E-state index contributed by atoms with van der Waals surface area (Å²) in [7, 11) is 0. The number of nitrogens with one attached hydrogen (secondary N) is 6. The third kappa shape index (κ3) is 18.7. The largest absolute Gasteiger partial charge is 0.480 e. The number of nitrogens with zero attached hydrogens (tertiary/aromatic N) is 1. The molecule has 0 saturated carbocycles. The highest BCUT2D eigenvalue weighted by molar-refractivity contribution is 5.96. The Balaban J connectivity index is 0.000000420. The van der Waals surface area contributed by atoms with Crippen LogP contribution in [0.5, 0.6) is 0 Å². The summed E-state index contributed by atoms with van der Waals surface area (Å²) in [4.78, 5) is 83.2. The number of carboxylic acid groups (broad SMARTS) is 4. The second kappa shape index (κ2) is 25.3. The van der Waals surface area contributed by atoms with Crippen LogP contribution in [0.3, 0.4) is 0 Å². The van der Waals surface area contributed by atoms with Crippen LogP contribution in [-0.4, -0.2) is 103 Å². The number of hydrazine groups is 2. The van der Waals surface area contributed by atoms with Gasteiger partial charge in [-0.1, -0.05) is 32.0 Å². The fraction of sp³-hybridized carbons (Fsp3) is 0.471. The van der Waals surface area contributed by atoms with E-state index in [1.54, 1.807) is 38.1 Å². The van der Waals surface area contributed by atoms with Gasteiger partial charge in [0, 0.05) is 30.6 Å². The molecule has 3 heterocycles. The molecule has 2 amide bonds. The number of unbranched alkanes of at least 4 members (excludes halogenated alkanes) is 1. The van der Waals surface area contributed by atoms with Gasteiger partial charge >= 0.3 is 29.5 Å². The van der Waals surface area contributed by atoms with E-state index >= 15 is 0 Å². The molecular formula is C34H51N9O12. The van der Waals surface area contributed by atoms with Gasteiger partial charge < -0.3 is 51.9 Å². The number of rotatable bonds is 16.